The molecule has 2 aromatic rings. The Hall–Kier alpha value is -1.87. The zero-order chi connectivity index (χ0) is 11.4. The van der Waals surface area contributed by atoms with Crippen molar-refractivity contribution in [2.24, 2.45) is 0 Å². The standard InChI is InChI=1S/C13H13NO2/c1-10-3-2-4-13(14-10)16-12-7-5-11(9-15)6-8-12/h2-8,15H,9H2,1H3. The van der Waals surface area contributed by atoms with Gasteiger partial charge in [-0.25, -0.2) is 4.98 Å². The number of rotatable bonds is 3. The summed E-state index contributed by atoms with van der Waals surface area (Å²) in [5.41, 5.74) is 1.79. The fourth-order valence-corrected chi connectivity index (χ4v) is 1.36. The number of hydrogen-bond acceptors (Lipinski definition) is 3. The lowest BCUT2D eigenvalue weighted by Crippen LogP contribution is -1.90. The number of nitrogens with zero attached hydrogens (tertiary/aromatic N) is 1. The summed E-state index contributed by atoms with van der Waals surface area (Å²) >= 11 is 0. The van der Waals surface area contributed by atoms with E-state index in [4.69, 9.17) is 9.84 Å². The molecule has 0 radical (unpaired) electrons. The highest BCUT2D eigenvalue weighted by Crippen LogP contribution is 2.19. The van der Waals surface area contributed by atoms with Gasteiger partial charge in [-0.15, -0.1) is 0 Å². The molecule has 1 N–H and O–H groups in total. The van der Waals surface area contributed by atoms with Crippen molar-refractivity contribution < 1.29 is 9.84 Å². The van der Waals surface area contributed by atoms with Crippen molar-refractivity contribution in [3.8, 4) is 11.6 Å². The molecule has 0 unspecified atom stereocenters. The normalized spacial score (nSPS) is 10.1. The van der Waals surface area contributed by atoms with Crippen molar-refractivity contribution in [3.63, 3.8) is 0 Å². The Balaban J connectivity index is 2.14. The lowest BCUT2D eigenvalue weighted by Gasteiger charge is -2.05. The molecule has 0 amide bonds. The highest BCUT2D eigenvalue weighted by molar-refractivity contribution is 5.30. The van der Waals surface area contributed by atoms with Gasteiger partial charge in [0, 0.05) is 11.8 Å². The lowest BCUT2D eigenvalue weighted by atomic mass is 10.2. The minimum absolute atomic E-state index is 0.0446. The average Bonchev–Trinajstić information content (AvgIpc) is 2.30. The molecule has 3 heteroatoms. The maximum atomic E-state index is 8.90. The Morgan fingerprint density at radius 1 is 1.12 bits per heavy atom. The van der Waals surface area contributed by atoms with Crippen molar-refractivity contribution in [3.05, 3.63) is 53.7 Å². The van der Waals surface area contributed by atoms with E-state index in [1.165, 1.54) is 0 Å². The smallest absolute Gasteiger partial charge is 0.219 e. The molecule has 0 saturated carbocycles. The fourth-order valence-electron chi connectivity index (χ4n) is 1.36. The van der Waals surface area contributed by atoms with Crippen LogP contribution in [0.2, 0.25) is 0 Å². The van der Waals surface area contributed by atoms with Gasteiger partial charge >= 0.3 is 0 Å². The number of benzene rings is 1. The van der Waals surface area contributed by atoms with Crippen LogP contribution in [-0.2, 0) is 6.61 Å². The number of pyridine rings is 1. The van der Waals surface area contributed by atoms with E-state index in [0.717, 1.165) is 17.0 Å². The number of aryl methyl sites for hydroxylation is 1. The second-order valence-electron chi connectivity index (χ2n) is 3.52. The molecule has 0 aliphatic rings. The molecule has 16 heavy (non-hydrogen) atoms. The number of aliphatic hydroxyl groups excluding tert-OH is 1. The van der Waals surface area contributed by atoms with Crippen LogP contribution in [0.4, 0.5) is 0 Å². The summed E-state index contributed by atoms with van der Waals surface area (Å²) in [6, 6.07) is 12.9. The first-order valence-electron chi connectivity index (χ1n) is 5.09. The Bertz CT molecular complexity index is 466. The Labute approximate surface area is 94.3 Å². The van der Waals surface area contributed by atoms with Crippen LogP contribution in [-0.4, -0.2) is 10.1 Å². The third kappa shape index (κ3) is 2.58. The van der Waals surface area contributed by atoms with Gasteiger partial charge in [-0.1, -0.05) is 18.2 Å². The van der Waals surface area contributed by atoms with Crippen LogP contribution in [0.5, 0.6) is 11.6 Å². The molecule has 0 bridgehead atoms. The van der Waals surface area contributed by atoms with Crippen molar-refractivity contribution in [1.82, 2.24) is 4.98 Å². The van der Waals surface area contributed by atoms with Gasteiger partial charge in [0.2, 0.25) is 5.88 Å². The molecule has 0 spiro atoms. The van der Waals surface area contributed by atoms with E-state index in [2.05, 4.69) is 4.98 Å². The first-order valence-corrected chi connectivity index (χ1v) is 5.09. The second-order valence-corrected chi connectivity index (χ2v) is 3.52. The molecule has 0 aliphatic heterocycles. The van der Waals surface area contributed by atoms with Crippen LogP contribution in [0.15, 0.2) is 42.5 Å². The van der Waals surface area contributed by atoms with Crippen LogP contribution in [0.1, 0.15) is 11.3 Å². The van der Waals surface area contributed by atoms with Gasteiger partial charge in [-0.05, 0) is 30.7 Å². The second kappa shape index (κ2) is 4.77. The third-order valence-electron chi connectivity index (χ3n) is 2.19. The number of aliphatic hydroxyl groups is 1. The fraction of sp³-hybridized carbons (Fsp3) is 0.154. The highest BCUT2D eigenvalue weighted by atomic mass is 16.5. The molecule has 0 saturated heterocycles. The summed E-state index contributed by atoms with van der Waals surface area (Å²) in [4.78, 5) is 4.24. The van der Waals surface area contributed by atoms with Crippen molar-refractivity contribution >= 4 is 0 Å². The molecule has 0 atom stereocenters. The summed E-state index contributed by atoms with van der Waals surface area (Å²) in [6.07, 6.45) is 0. The molecule has 3 nitrogen and oxygen atoms in total. The van der Waals surface area contributed by atoms with Gasteiger partial charge in [0.1, 0.15) is 5.75 Å². The van der Waals surface area contributed by atoms with E-state index >= 15 is 0 Å². The Morgan fingerprint density at radius 3 is 2.50 bits per heavy atom. The van der Waals surface area contributed by atoms with Gasteiger partial charge in [-0.3, -0.25) is 0 Å². The molecule has 1 aromatic heterocycles. The summed E-state index contributed by atoms with van der Waals surface area (Å²) in [5.74, 6) is 1.30. The molecular weight excluding hydrogens is 202 g/mol. The van der Waals surface area contributed by atoms with E-state index in [1.54, 1.807) is 0 Å². The molecule has 1 heterocycles. The van der Waals surface area contributed by atoms with Crippen LogP contribution in [0.3, 0.4) is 0 Å². The van der Waals surface area contributed by atoms with Crippen LogP contribution in [0.25, 0.3) is 0 Å². The predicted molar refractivity (Wildman–Crippen MR) is 61.4 cm³/mol. The monoisotopic (exact) mass is 215 g/mol. The number of ether oxygens (including phenoxy) is 1. The zero-order valence-corrected chi connectivity index (χ0v) is 9.05. The molecular formula is C13H13NO2. The minimum Gasteiger partial charge on any atom is -0.439 e. The van der Waals surface area contributed by atoms with Gasteiger partial charge in [0.25, 0.3) is 0 Å². The topological polar surface area (TPSA) is 42.4 Å². The van der Waals surface area contributed by atoms with Crippen molar-refractivity contribution in [1.29, 1.82) is 0 Å². The van der Waals surface area contributed by atoms with Gasteiger partial charge in [-0.2, -0.15) is 0 Å². The van der Waals surface area contributed by atoms with E-state index < -0.39 is 0 Å². The maximum absolute atomic E-state index is 8.90. The summed E-state index contributed by atoms with van der Waals surface area (Å²) in [6.45, 7) is 1.96. The summed E-state index contributed by atoms with van der Waals surface area (Å²) < 4.78 is 5.57. The molecule has 82 valence electrons. The lowest BCUT2D eigenvalue weighted by molar-refractivity contribution is 0.281. The molecule has 0 aliphatic carbocycles. The number of aromatic nitrogens is 1. The van der Waals surface area contributed by atoms with Crippen LogP contribution in [0, 0.1) is 6.92 Å². The maximum Gasteiger partial charge on any atom is 0.219 e. The van der Waals surface area contributed by atoms with Gasteiger partial charge < -0.3 is 9.84 Å². The van der Waals surface area contributed by atoms with Gasteiger partial charge in [0.05, 0.1) is 6.61 Å². The first-order chi connectivity index (χ1) is 7.78. The third-order valence-corrected chi connectivity index (χ3v) is 2.19. The van der Waals surface area contributed by atoms with E-state index in [0.29, 0.717) is 5.88 Å². The first kappa shape index (κ1) is 10.6. The van der Waals surface area contributed by atoms with E-state index in [-0.39, 0.29) is 6.61 Å². The van der Waals surface area contributed by atoms with E-state index in [1.807, 2.05) is 49.4 Å². The van der Waals surface area contributed by atoms with Crippen LogP contribution >= 0.6 is 0 Å². The van der Waals surface area contributed by atoms with Crippen molar-refractivity contribution in [2.75, 3.05) is 0 Å². The molecule has 1 aromatic carbocycles. The predicted octanol–water partition coefficient (Wildman–Crippen LogP) is 2.67. The van der Waals surface area contributed by atoms with E-state index in [9.17, 15) is 0 Å². The summed E-state index contributed by atoms with van der Waals surface area (Å²) in [5, 5.41) is 8.90. The molecule has 2 rings (SSSR count). The number of hydrogen-bond donors (Lipinski definition) is 1. The Morgan fingerprint density at radius 2 is 1.88 bits per heavy atom. The molecule has 0 fully saturated rings. The van der Waals surface area contributed by atoms with Crippen LogP contribution < -0.4 is 4.74 Å². The average molecular weight is 215 g/mol. The zero-order valence-electron chi connectivity index (χ0n) is 9.05. The highest BCUT2D eigenvalue weighted by Gasteiger charge is 1.98. The largest absolute Gasteiger partial charge is 0.439 e. The quantitative estimate of drug-likeness (QED) is 0.855. The summed E-state index contributed by atoms with van der Waals surface area (Å²) in [7, 11) is 0. The SMILES string of the molecule is Cc1cccc(Oc2ccc(CO)cc2)n1. The van der Waals surface area contributed by atoms with Gasteiger partial charge in [0.15, 0.2) is 0 Å². The Kier molecular flexibility index (Phi) is 3.17. The van der Waals surface area contributed by atoms with Crippen molar-refractivity contribution in [2.45, 2.75) is 13.5 Å². The minimum atomic E-state index is 0.0446.